The lowest BCUT2D eigenvalue weighted by atomic mass is 10.1. The van der Waals surface area contributed by atoms with Gasteiger partial charge in [-0.25, -0.2) is 19.7 Å². The van der Waals surface area contributed by atoms with Gasteiger partial charge in [0.25, 0.3) is 0 Å². The number of hydrogen-bond donors (Lipinski definition) is 2. The van der Waals surface area contributed by atoms with Crippen molar-refractivity contribution in [1.82, 2.24) is 15.0 Å². The molecule has 0 aromatic carbocycles. The van der Waals surface area contributed by atoms with Crippen molar-refractivity contribution < 1.29 is 9.59 Å². The zero-order valence-corrected chi connectivity index (χ0v) is 19.3. The van der Waals surface area contributed by atoms with E-state index >= 15 is 0 Å². The fourth-order valence-corrected chi connectivity index (χ4v) is 4.50. The van der Waals surface area contributed by atoms with E-state index in [4.69, 9.17) is 0 Å². The third-order valence-electron chi connectivity index (χ3n) is 6.27. The van der Waals surface area contributed by atoms with Crippen LogP contribution in [0.5, 0.6) is 0 Å². The van der Waals surface area contributed by atoms with Gasteiger partial charge in [0.1, 0.15) is 23.0 Å². The lowest BCUT2D eigenvalue weighted by molar-refractivity contribution is 0.111. The second-order valence-electron chi connectivity index (χ2n) is 8.73. The van der Waals surface area contributed by atoms with Crippen LogP contribution in [-0.2, 0) is 6.42 Å². The van der Waals surface area contributed by atoms with Crippen molar-refractivity contribution in [2.24, 2.45) is 0 Å². The topological polar surface area (TPSA) is 100 Å². The molecular weight excluding hydrogens is 440 g/mol. The van der Waals surface area contributed by atoms with Gasteiger partial charge in [-0.05, 0) is 55.4 Å². The second kappa shape index (κ2) is 10.3. The Morgan fingerprint density at radius 2 is 1.97 bits per heavy atom. The van der Waals surface area contributed by atoms with E-state index in [0.29, 0.717) is 41.9 Å². The number of nitrogens with zero attached hydrogens (tertiary/aromatic N) is 4. The molecule has 8 nitrogen and oxygen atoms in total. The first-order valence-electron chi connectivity index (χ1n) is 11.9. The molecule has 0 spiro atoms. The number of aryl methyl sites for hydroxylation is 1. The molecule has 1 aliphatic heterocycles. The molecule has 1 aliphatic carbocycles. The van der Waals surface area contributed by atoms with Crippen LogP contribution in [0.3, 0.4) is 0 Å². The minimum atomic E-state index is -0.326. The number of anilines is 3. The molecule has 1 fully saturated rings. The van der Waals surface area contributed by atoms with Crippen molar-refractivity contribution in [3.05, 3.63) is 71.3 Å². The van der Waals surface area contributed by atoms with Gasteiger partial charge in [-0.2, -0.15) is 0 Å². The van der Waals surface area contributed by atoms with Gasteiger partial charge in [0.15, 0.2) is 6.29 Å². The molecule has 0 saturated heterocycles. The minimum Gasteiger partial charge on any atom is -0.381 e. The Bertz CT molecular complexity index is 1290. The molecule has 1 saturated carbocycles. The van der Waals surface area contributed by atoms with Crippen molar-refractivity contribution in [2.75, 3.05) is 22.1 Å². The van der Waals surface area contributed by atoms with Crippen LogP contribution in [0, 0.1) is 11.8 Å². The maximum Gasteiger partial charge on any atom is 0.328 e. The van der Waals surface area contributed by atoms with Gasteiger partial charge >= 0.3 is 6.03 Å². The van der Waals surface area contributed by atoms with Crippen LogP contribution in [0.15, 0.2) is 48.8 Å². The number of carbonyl (C=O) groups excluding carboxylic acids is 2. The molecule has 2 amide bonds. The van der Waals surface area contributed by atoms with Crippen molar-refractivity contribution in [2.45, 2.75) is 44.6 Å². The molecule has 0 unspecified atom stereocenters. The zero-order chi connectivity index (χ0) is 24.0. The number of amides is 2. The Morgan fingerprint density at radius 1 is 1.09 bits per heavy atom. The van der Waals surface area contributed by atoms with E-state index in [0.717, 1.165) is 42.5 Å². The third kappa shape index (κ3) is 5.30. The largest absolute Gasteiger partial charge is 0.381 e. The SMILES string of the molecule is O=Cc1ccc2c(n1)N(C(=O)Nc1cc(NC3CCCC3)c(C#Cc3ccccn3)cn1)CCC2. The molecule has 5 rings (SSSR count). The molecular formula is C27H26N6O2. The van der Waals surface area contributed by atoms with Crippen LogP contribution >= 0.6 is 0 Å². The lowest BCUT2D eigenvalue weighted by Crippen LogP contribution is -2.39. The first-order chi connectivity index (χ1) is 17.2. The summed E-state index contributed by atoms with van der Waals surface area (Å²) in [5.74, 6) is 7.21. The van der Waals surface area contributed by atoms with Gasteiger partial charge in [-0.1, -0.05) is 30.9 Å². The Kier molecular flexibility index (Phi) is 6.66. The van der Waals surface area contributed by atoms with E-state index in [1.807, 2.05) is 30.3 Å². The molecule has 3 aromatic heterocycles. The first kappa shape index (κ1) is 22.5. The number of rotatable bonds is 4. The number of aldehydes is 1. The Labute approximate surface area is 204 Å². The maximum absolute atomic E-state index is 13.2. The number of aromatic nitrogens is 3. The monoisotopic (exact) mass is 466 g/mol. The van der Waals surface area contributed by atoms with Crippen molar-refractivity contribution in [1.29, 1.82) is 0 Å². The quantitative estimate of drug-likeness (QED) is 0.436. The molecule has 176 valence electrons. The van der Waals surface area contributed by atoms with Crippen LogP contribution in [0.1, 0.15) is 59.4 Å². The highest BCUT2D eigenvalue weighted by atomic mass is 16.2. The van der Waals surface area contributed by atoms with Crippen LogP contribution in [0.25, 0.3) is 0 Å². The van der Waals surface area contributed by atoms with Crippen LogP contribution in [0.2, 0.25) is 0 Å². The summed E-state index contributed by atoms with van der Waals surface area (Å²) in [6.07, 6.45) is 10.3. The van der Waals surface area contributed by atoms with Crippen LogP contribution < -0.4 is 15.5 Å². The number of urea groups is 1. The average Bonchev–Trinajstić information content (AvgIpc) is 3.41. The lowest BCUT2D eigenvalue weighted by Gasteiger charge is -2.28. The predicted molar refractivity (Wildman–Crippen MR) is 135 cm³/mol. The summed E-state index contributed by atoms with van der Waals surface area (Å²) in [7, 11) is 0. The Morgan fingerprint density at radius 3 is 2.77 bits per heavy atom. The molecule has 4 heterocycles. The van der Waals surface area contributed by atoms with E-state index in [1.54, 1.807) is 23.4 Å². The van der Waals surface area contributed by atoms with Gasteiger partial charge in [-0.15, -0.1) is 0 Å². The molecule has 0 atom stereocenters. The van der Waals surface area contributed by atoms with Crippen molar-refractivity contribution >= 4 is 29.6 Å². The van der Waals surface area contributed by atoms with E-state index in [-0.39, 0.29) is 6.03 Å². The first-order valence-corrected chi connectivity index (χ1v) is 11.9. The number of carbonyl (C=O) groups is 2. The standard InChI is InChI=1S/C27H26N6O2/c34-18-23-13-10-19-6-5-15-33(26(19)31-23)27(35)32-25-16-24(30-22-8-1-2-9-22)20(17-29-25)11-12-21-7-3-4-14-28-21/h3-4,7,10,13-14,16-18,22H,1-2,5-6,8-9,15H2,(H2,29,30,32,35). The molecule has 2 N–H and O–H groups in total. The fraction of sp³-hybridized carbons (Fsp3) is 0.296. The number of fused-ring (bicyclic) bond motifs is 1. The Balaban J connectivity index is 1.40. The van der Waals surface area contributed by atoms with Gasteiger partial charge < -0.3 is 5.32 Å². The molecule has 35 heavy (non-hydrogen) atoms. The third-order valence-corrected chi connectivity index (χ3v) is 6.27. The maximum atomic E-state index is 13.2. The molecule has 3 aromatic rings. The van der Waals surface area contributed by atoms with E-state index in [1.165, 1.54) is 12.8 Å². The normalized spacial score (nSPS) is 15.0. The highest BCUT2D eigenvalue weighted by molar-refractivity contribution is 6.01. The van der Waals surface area contributed by atoms with Gasteiger partial charge in [0.2, 0.25) is 0 Å². The Hall–Kier alpha value is -4.25. The van der Waals surface area contributed by atoms with Crippen molar-refractivity contribution in [3.63, 3.8) is 0 Å². The average molecular weight is 467 g/mol. The summed E-state index contributed by atoms with van der Waals surface area (Å²) in [5.41, 5.74) is 3.53. The zero-order valence-electron chi connectivity index (χ0n) is 19.3. The molecule has 8 heteroatoms. The van der Waals surface area contributed by atoms with E-state index < -0.39 is 0 Å². The van der Waals surface area contributed by atoms with E-state index in [9.17, 15) is 9.59 Å². The predicted octanol–water partition coefficient (Wildman–Crippen LogP) is 4.42. The highest BCUT2D eigenvalue weighted by Gasteiger charge is 2.25. The summed E-state index contributed by atoms with van der Waals surface area (Å²) >= 11 is 0. The van der Waals surface area contributed by atoms with E-state index in [2.05, 4.69) is 37.4 Å². The van der Waals surface area contributed by atoms with Crippen LogP contribution in [-0.4, -0.2) is 39.9 Å². The van der Waals surface area contributed by atoms with Gasteiger partial charge in [0, 0.05) is 31.0 Å². The summed E-state index contributed by atoms with van der Waals surface area (Å²) < 4.78 is 0. The smallest absolute Gasteiger partial charge is 0.328 e. The van der Waals surface area contributed by atoms with Crippen LogP contribution in [0.4, 0.5) is 22.1 Å². The molecule has 0 bridgehead atoms. The highest BCUT2D eigenvalue weighted by Crippen LogP contribution is 2.28. The minimum absolute atomic E-state index is 0.306. The van der Waals surface area contributed by atoms with Crippen molar-refractivity contribution in [3.8, 4) is 11.8 Å². The summed E-state index contributed by atoms with van der Waals surface area (Å²) in [4.78, 5) is 39.0. The molecule has 2 aliphatic rings. The fourth-order valence-electron chi connectivity index (χ4n) is 4.50. The number of pyridine rings is 3. The summed E-state index contributed by atoms with van der Waals surface area (Å²) in [5, 5.41) is 6.49. The second-order valence-corrected chi connectivity index (χ2v) is 8.73. The summed E-state index contributed by atoms with van der Waals surface area (Å²) in [6, 6.07) is 11.0. The van der Waals surface area contributed by atoms with Gasteiger partial charge in [0.05, 0.1) is 11.3 Å². The molecule has 0 radical (unpaired) electrons. The number of hydrogen-bond acceptors (Lipinski definition) is 6. The summed E-state index contributed by atoms with van der Waals surface area (Å²) in [6.45, 7) is 0.523. The number of nitrogens with one attached hydrogen (secondary N) is 2. The van der Waals surface area contributed by atoms with Gasteiger partial charge in [-0.3, -0.25) is 15.0 Å².